The molecular weight excluding hydrogens is 270 g/mol. The van der Waals surface area contributed by atoms with Crippen LogP contribution >= 0.6 is 0 Å². The topological polar surface area (TPSA) is 95.1 Å². The molecule has 0 bridgehead atoms. The highest BCUT2D eigenvalue weighted by Crippen LogP contribution is 2.32. The SMILES string of the molecule is O=C(NC1(C(=O)O)CCC1)c1cc(-c2ccccc2)n[nH]1. The van der Waals surface area contributed by atoms with Gasteiger partial charge in [-0.3, -0.25) is 9.89 Å². The third kappa shape index (κ3) is 2.40. The molecule has 1 aromatic heterocycles. The summed E-state index contributed by atoms with van der Waals surface area (Å²) < 4.78 is 0. The largest absolute Gasteiger partial charge is 0.480 e. The highest BCUT2D eigenvalue weighted by atomic mass is 16.4. The minimum absolute atomic E-state index is 0.265. The molecule has 6 heteroatoms. The summed E-state index contributed by atoms with van der Waals surface area (Å²) in [6, 6.07) is 11.1. The smallest absolute Gasteiger partial charge is 0.329 e. The number of nitrogens with one attached hydrogen (secondary N) is 2. The molecule has 3 rings (SSSR count). The number of carbonyl (C=O) groups excluding carboxylic acids is 1. The molecular formula is C15H15N3O3. The number of rotatable bonds is 4. The molecule has 1 saturated carbocycles. The fourth-order valence-electron chi connectivity index (χ4n) is 2.40. The zero-order valence-corrected chi connectivity index (χ0v) is 11.3. The maximum Gasteiger partial charge on any atom is 0.329 e. The molecule has 2 aromatic rings. The molecule has 1 fully saturated rings. The number of H-pyrrole nitrogens is 1. The van der Waals surface area contributed by atoms with Gasteiger partial charge >= 0.3 is 5.97 Å². The lowest BCUT2D eigenvalue weighted by atomic mass is 9.76. The Balaban J connectivity index is 1.77. The van der Waals surface area contributed by atoms with Gasteiger partial charge in [-0.2, -0.15) is 5.10 Å². The van der Waals surface area contributed by atoms with Crippen LogP contribution in [0, 0.1) is 0 Å². The molecule has 6 nitrogen and oxygen atoms in total. The first kappa shape index (κ1) is 13.4. The lowest BCUT2D eigenvalue weighted by Gasteiger charge is -2.37. The number of carboxylic acid groups (broad SMARTS) is 1. The molecule has 1 amide bonds. The van der Waals surface area contributed by atoms with Crippen LogP contribution in [0.3, 0.4) is 0 Å². The van der Waals surface area contributed by atoms with E-state index in [1.807, 2.05) is 30.3 Å². The zero-order valence-electron chi connectivity index (χ0n) is 11.3. The highest BCUT2D eigenvalue weighted by Gasteiger charge is 2.45. The quantitative estimate of drug-likeness (QED) is 0.798. The van der Waals surface area contributed by atoms with Crippen LogP contribution in [0.2, 0.25) is 0 Å². The predicted octanol–water partition coefficient (Wildman–Crippen LogP) is 1.81. The molecule has 1 aliphatic rings. The molecule has 0 saturated heterocycles. The molecule has 1 aromatic carbocycles. The van der Waals surface area contributed by atoms with Gasteiger partial charge in [-0.1, -0.05) is 30.3 Å². The third-order valence-corrected chi connectivity index (χ3v) is 3.86. The molecule has 0 spiro atoms. The molecule has 21 heavy (non-hydrogen) atoms. The molecule has 0 unspecified atom stereocenters. The molecule has 0 aliphatic heterocycles. The van der Waals surface area contributed by atoms with Crippen LogP contribution in [0.15, 0.2) is 36.4 Å². The van der Waals surface area contributed by atoms with Crippen LogP contribution in [-0.4, -0.2) is 32.7 Å². The predicted molar refractivity (Wildman–Crippen MR) is 75.7 cm³/mol. The van der Waals surface area contributed by atoms with E-state index in [0.29, 0.717) is 18.5 Å². The van der Waals surface area contributed by atoms with Gasteiger partial charge in [0, 0.05) is 5.56 Å². The summed E-state index contributed by atoms with van der Waals surface area (Å²) in [6.07, 6.45) is 1.74. The molecule has 1 heterocycles. The van der Waals surface area contributed by atoms with Gasteiger partial charge in [0.05, 0.1) is 5.69 Å². The van der Waals surface area contributed by atoms with Crippen molar-refractivity contribution >= 4 is 11.9 Å². The lowest BCUT2D eigenvalue weighted by Crippen LogP contribution is -2.59. The van der Waals surface area contributed by atoms with Crippen molar-refractivity contribution in [1.82, 2.24) is 15.5 Å². The Morgan fingerprint density at radius 3 is 2.52 bits per heavy atom. The van der Waals surface area contributed by atoms with E-state index in [0.717, 1.165) is 12.0 Å². The summed E-state index contributed by atoms with van der Waals surface area (Å²) in [5.41, 5.74) is 0.694. The van der Waals surface area contributed by atoms with Gasteiger partial charge in [-0.15, -0.1) is 0 Å². The minimum Gasteiger partial charge on any atom is -0.480 e. The van der Waals surface area contributed by atoms with E-state index in [9.17, 15) is 14.7 Å². The van der Waals surface area contributed by atoms with Gasteiger partial charge in [-0.25, -0.2) is 4.79 Å². The summed E-state index contributed by atoms with van der Waals surface area (Å²) in [4.78, 5) is 23.4. The number of benzene rings is 1. The van der Waals surface area contributed by atoms with Crippen LogP contribution in [0.25, 0.3) is 11.3 Å². The monoisotopic (exact) mass is 285 g/mol. The van der Waals surface area contributed by atoms with Gasteiger partial charge in [0.1, 0.15) is 11.2 Å². The van der Waals surface area contributed by atoms with Crippen molar-refractivity contribution in [2.45, 2.75) is 24.8 Å². The van der Waals surface area contributed by atoms with Gasteiger partial charge in [0.25, 0.3) is 5.91 Å². The van der Waals surface area contributed by atoms with Crippen LogP contribution in [-0.2, 0) is 4.79 Å². The summed E-state index contributed by atoms with van der Waals surface area (Å²) in [5, 5.41) is 18.6. The van der Waals surface area contributed by atoms with Gasteiger partial charge in [0.2, 0.25) is 0 Å². The molecule has 1 aliphatic carbocycles. The van der Waals surface area contributed by atoms with Crippen LogP contribution in [0.5, 0.6) is 0 Å². The zero-order chi connectivity index (χ0) is 14.9. The number of hydrogen-bond acceptors (Lipinski definition) is 3. The van der Waals surface area contributed by atoms with Gasteiger partial charge < -0.3 is 10.4 Å². The molecule has 0 atom stereocenters. The van der Waals surface area contributed by atoms with E-state index in [2.05, 4.69) is 15.5 Å². The lowest BCUT2D eigenvalue weighted by molar-refractivity contribution is -0.148. The van der Waals surface area contributed by atoms with Crippen molar-refractivity contribution in [3.8, 4) is 11.3 Å². The number of nitrogens with zero attached hydrogens (tertiary/aromatic N) is 1. The standard InChI is InChI=1S/C15H15N3O3/c19-13(16-15(14(20)21)7-4-8-15)12-9-11(17-18-12)10-5-2-1-3-6-10/h1-3,5-6,9H,4,7-8H2,(H,16,19)(H,17,18)(H,20,21). The number of aromatic amines is 1. The van der Waals surface area contributed by atoms with Crippen molar-refractivity contribution in [2.75, 3.05) is 0 Å². The fraction of sp³-hybridized carbons (Fsp3) is 0.267. The second-order valence-electron chi connectivity index (χ2n) is 5.23. The number of aromatic nitrogens is 2. The Labute approximate surface area is 121 Å². The number of hydrogen-bond donors (Lipinski definition) is 3. The van der Waals surface area contributed by atoms with Crippen molar-refractivity contribution in [2.24, 2.45) is 0 Å². The van der Waals surface area contributed by atoms with E-state index < -0.39 is 17.4 Å². The Kier molecular flexibility index (Phi) is 3.21. The number of carbonyl (C=O) groups is 2. The van der Waals surface area contributed by atoms with Crippen LogP contribution in [0.1, 0.15) is 29.8 Å². The minimum atomic E-state index is -1.12. The summed E-state index contributed by atoms with van der Waals surface area (Å²) in [5.74, 6) is -1.42. The maximum atomic E-state index is 12.2. The van der Waals surface area contributed by atoms with E-state index in [1.165, 1.54) is 0 Å². The van der Waals surface area contributed by atoms with E-state index >= 15 is 0 Å². The van der Waals surface area contributed by atoms with E-state index in [-0.39, 0.29) is 5.69 Å². The number of carboxylic acids is 1. The highest BCUT2D eigenvalue weighted by molar-refractivity contribution is 5.97. The molecule has 3 N–H and O–H groups in total. The second kappa shape index (κ2) is 5.05. The third-order valence-electron chi connectivity index (χ3n) is 3.86. The number of amides is 1. The average molecular weight is 285 g/mol. The number of aliphatic carboxylic acids is 1. The average Bonchev–Trinajstić information content (AvgIpc) is 2.93. The van der Waals surface area contributed by atoms with Crippen molar-refractivity contribution in [1.29, 1.82) is 0 Å². The maximum absolute atomic E-state index is 12.2. The van der Waals surface area contributed by atoms with Crippen molar-refractivity contribution in [3.05, 3.63) is 42.1 Å². The Hall–Kier alpha value is -2.63. The summed E-state index contributed by atoms with van der Waals surface area (Å²) >= 11 is 0. The van der Waals surface area contributed by atoms with E-state index in [4.69, 9.17) is 0 Å². The van der Waals surface area contributed by atoms with Crippen LogP contribution < -0.4 is 5.32 Å². The molecule has 108 valence electrons. The fourth-order valence-corrected chi connectivity index (χ4v) is 2.40. The Bertz CT molecular complexity index is 674. The first-order chi connectivity index (χ1) is 10.1. The first-order valence-electron chi connectivity index (χ1n) is 6.77. The van der Waals surface area contributed by atoms with Crippen LogP contribution in [0.4, 0.5) is 0 Å². The normalized spacial score (nSPS) is 16.0. The van der Waals surface area contributed by atoms with Gasteiger partial charge in [0.15, 0.2) is 0 Å². The molecule has 0 radical (unpaired) electrons. The Morgan fingerprint density at radius 2 is 1.95 bits per heavy atom. The van der Waals surface area contributed by atoms with Crippen molar-refractivity contribution < 1.29 is 14.7 Å². The van der Waals surface area contributed by atoms with Crippen molar-refractivity contribution in [3.63, 3.8) is 0 Å². The second-order valence-corrected chi connectivity index (χ2v) is 5.23. The Morgan fingerprint density at radius 1 is 1.24 bits per heavy atom. The van der Waals surface area contributed by atoms with E-state index in [1.54, 1.807) is 6.07 Å². The first-order valence-corrected chi connectivity index (χ1v) is 6.77. The summed E-state index contributed by atoms with van der Waals surface area (Å²) in [6.45, 7) is 0. The van der Waals surface area contributed by atoms with Gasteiger partial charge in [-0.05, 0) is 25.3 Å². The summed E-state index contributed by atoms with van der Waals surface area (Å²) in [7, 11) is 0.